The largest absolute Gasteiger partial charge is 0.392 e. The maximum atomic E-state index is 12.5. The Hall–Kier alpha value is -3.14. The van der Waals surface area contributed by atoms with Gasteiger partial charge in [-0.3, -0.25) is 9.59 Å². The molecule has 0 aliphatic carbocycles. The first-order valence-electron chi connectivity index (χ1n) is 11.5. The maximum Gasteiger partial charge on any atom is 0.169 e. The maximum absolute atomic E-state index is 12.5. The monoisotopic (exact) mass is 506 g/mol. The Bertz CT molecular complexity index is 1270. The zero-order valence-corrected chi connectivity index (χ0v) is 20.9. The Balaban J connectivity index is 1.18. The number of aryl methyl sites for hydroxylation is 2. The molecule has 2 aromatic carbocycles. The lowest BCUT2D eigenvalue weighted by atomic mass is 10.1. The molecule has 0 saturated heterocycles. The lowest BCUT2D eigenvalue weighted by Gasteiger charge is -2.01. The number of aliphatic hydroxyl groups excluding tert-OH is 1. The van der Waals surface area contributed by atoms with Gasteiger partial charge in [-0.05, 0) is 30.0 Å². The van der Waals surface area contributed by atoms with Crippen LogP contribution >= 0.6 is 22.7 Å². The van der Waals surface area contributed by atoms with Crippen molar-refractivity contribution >= 4 is 34.2 Å². The van der Waals surface area contributed by atoms with Gasteiger partial charge in [0.2, 0.25) is 0 Å². The van der Waals surface area contributed by atoms with Crippen LogP contribution in [-0.4, -0.2) is 37.1 Å². The Kier molecular flexibility index (Phi) is 8.94. The van der Waals surface area contributed by atoms with Crippen molar-refractivity contribution < 1.29 is 14.7 Å². The van der Waals surface area contributed by atoms with E-state index in [1.165, 1.54) is 22.7 Å². The van der Waals surface area contributed by atoms with E-state index in [0.29, 0.717) is 23.4 Å². The van der Waals surface area contributed by atoms with Crippen molar-refractivity contribution in [3.05, 3.63) is 91.3 Å². The second-order valence-electron chi connectivity index (χ2n) is 8.22. The van der Waals surface area contributed by atoms with E-state index in [-0.39, 0.29) is 24.6 Å². The molecule has 9 heteroatoms. The van der Waals surface area contributed by atoms with Crippen molar-refractivity contribution in [3.63, 3.8) is 0 Å². The normalized spacial score (nSPS) is 11.0. The van der Waals surface area contributed by atoms with E-state index in [1.54, 1.807) is 24.3 Å². The Labute approximate surface area is 211 Å². The summed E-state index contributed by atoms with van der Waals surface area (Å²) < 4.78 is 0. The quantitative estimate of drug-likeness (QED) is 0.214. The van der Waals surface area contributed by atoms with Crippen LogP contribution in [0, 0.1) is 0 Å². The van der Waals surface area contributed by atoms with Crippen LogP contribution in [0.1, 0.15) is 54.4 Å². The summed E-state index contributed by atoms with van der Waals surface area (Å²) in [4.78, 5) is 24.8. The number of carbonyl (C=O) groups is 2. The number of nitrogens with zero attached hydrogens (tertiary/aromatic N) is 4. The standard InChI is InChI=1S/C26H26N4O3S2/c31-17-19-9-6-10-20(13-19)22(33)16-26-30-28-24(35-26)12-5-4-11-23-27-29-25(34-23)15-21(32)14-18-7-2-1-3-8-18/h1-3,6-10,13,31H,4-5,11-12,14-17H2. The predicted octanol–water partition coefficient (Wildman–Crippen LogP) is 4.23. The molecule has 35 heavy (non-hydrogen) atoms. The van der Waals surface area contributed by atoms with Gasteiger partial charge in [-0.2, -0.15) is 0 Å². The van der Waals surface area contributed by atoms with Crippen molar-refractivity contribution in [1.82, 2.24) is 20.4 Å². The summed E-state index contributed by atoms with van der Waals surface area (Å²) in [6.45, 7) is -0.0885. The minimum atomic E-state index is -0.0885. The second-order valence-corrected chi connectivity index (χ2v) is 10.5. The molecule has 1 N–H and O–H groups in total. The molecular weight excluding hydrogens is 480 g/mol. The summed E-state index contributed by atoms with van der Waals surface area (Å²) >= 11 is 2.98. The van der Waals surface area contributed by atoms with Gasteiger partial charge in [0.25, 0.3) is 0 Å². The average Bonchev–Trinajstić information content (AvgIpc) is 3.51. The van der Waals surface area contributed by atoms with E-state index in [1.807, 2.05) is 30.3 Å². The molecule has 4 aromatic rings. The molecule has 0 unspecified atom stereocenters. The number of rotatable bonds is 13. The number of hydrogen-bond donors (Lipinski definition) is 1. The van der Waals surface area contributed by atoms with Crippen LogP contribution in [0.4, 0.5) is 0 Å². The lowest BCUT2D eigenvalue weighted by Crippen LogP contribution is -2.06. The number of ketones is 2. The number of carbonyl (C=O) groups excluding carboxylic acids is 2. The van der Waals surface area contributed by atoms with Crippen molar-refractivity contribution in [2.75, 3.05) is 0 Å². The van der Waals surface area contributed by atoms with E-state index < -0.39 is 0 Å². The van der Waals surface area contributed by atoms with Crippen LogP contribution in [0.3, 0.4) is 0 Å². The van der Waals surface area contributed by atoms with Gasteiger partial charge in [0.15, 0.2) is 5.78 Å². The zero-order valence-electron chi connectivity index (χ0n) is 19.2. The SMILES string of the molecule is O=C(Cc1ccccc1)Cc1nnc(CCCCc2nnc(CC(=O)c3cccc(CO)c3)s2)s1. The number of Topliss-reactive ketones (excluding diaryl/α,β-unsaturated/α-hetero) is 2. The van der Waals surface area contributed by atoms with Crippen LogP contribution in [0.25, 0.3) is 0 Å². The summed E-state index contributed by atoms with van der Waals surface area (Å²) in [7, 11) is 0. The molecule has 0 radical (unpaired) electrons. The molecule has 2 aromatic heterocycles. The topological polar surface area (TPSA) is 106 Å². The van der Waals surface area contributed by atoms with Crippen LogP contribution in [0.15, 0.2) is 54.6 Å². The fourth-order valence-corrected chi connectivity index (χ4v) is 5.41. The number of hydrogen-bond acceptors (Lipinski definition) is 9. The fourth-order valence-electron chi connectivity index (χ4n) is 3.61. The molecule has 0 bridgehead atoms. The van der Waals surface area contributed by atoms with Gasteiger partial charge in [0.1, 0.15) is 25.8 Å². The highest BCUT2D eigenvalue weighted by Crippen LogP contribution is 2.18. The first-order chi connectivity index (χ1) is 17.1. The molecule has 2 heterocycles. The third-order valence-corrected chi connectivity index (χ3v) is 7.35. The highest BCUT2D eigenvalue weighted by Gasteiger charge is 2.13. The summed E-state index contributed by atoms with van der Waals surface area (Å²) in [5, 5.41) is 29.4. The van der Waals surface area contributed by atoms with Crippen molar-refractivity contribution in [1.29, 1.82) is 0 Å². The number of aromatic nitrogens is 4. The highest BCUT2D eigenvalue weighted by atomic mass is 32.1. The van der Waals surface area contributed by atoms with Crippen LogP contribution in [0.5, 0.6) is 0 Å². The van der Waals surface area contributed by atoms with E-state index in [0.717, 1.165) is 51.8 Å². The smallest absolute Gasteiger partial charge is 0.169 e. The van der Waals surface area contributed by atoms with Gasteiger partial charge in [-0.1, -0.05) is 48.5 Å². The van der Waals surface area contributed by atoms with Crippen LogP contribution in [-0.2, 0) is 43.5 Å². The zero-order chi connectivity index (χ0) is 24.5. The summed E-state index contributed by atoms with van der Waals surface area (Å²) in [5.41, 5.74) is 2.31. The summed E-state index contributed by atoms with van der Waals surface area (Å²) in [6.07, 6.45) is 4.44. The van der Waals surface area contributed by atoms with Gasteiger partial charge in [-0.15, -0.1) is 43.1 Å². The second kappa shape index (κ2) is 12.5. The van der Waals surface area contributed by atoms with Crippen molar-refractivity contribution in [2.45, 2.75) is 51.6 Å². The molecule has 0 fully saturated rings. The van der Waals surface area contributed by atoms with Gasteiger partial charge in [0.05, 0.1) is 19.4 Å². The van der Waals surface area contributed by atoms with Gasteiger partial charge in [0, 0.05) is 24.8 Å². The van der Waals surface area contributed by atoms with Gasteiger partial charge < -0.3 is 5.11 Å². The predicted molar refractivity (Wildman–Crippen MR) is 136 cm³/mol. The molecule has 0 spiro atoms. The first kappa shape index (κ1) is 25.0. The van der Waals surface area contributed by atoms with E-state index in [2.05, 4.69) is 20.4 Å². The third-order valence-electron chi connectivity index (χ3n) is 5.38. The average molecular weight is 507 g/mol. The number of benzene rings is 2. The van der Waals surface area contributed by atoms with Gasteiger partial charge >= 0.3 is 0 Å². The molecule has 0 aliphatic rings. The van der Waals surface area contributed by atoms with E-state index in [9.17, 15) is 14.7 Å². The van der Waals surface area contributed by atoms with E-state index >= 15 is 0 Å². The molecule has 4 rings (SSSR count). The van der Waals surface area contributed by atoms with Crippen LogP contribution in [0.2, 0.25) is 0 Å². The Morgan fingerprint density at radius 1 is 0.686 bits per heavy atom. The van der Waals surface area contributed by atoms with Gasteiger partial charge in [-0.25, -0.2) is 0 Å². The first-order valence-corrected chi connectivity index (χ1v) is 13.1. The van der Waals surface area contributed by atoms with Crippen LogP contribution < -0.4 is 0 Å². The number of unbranched alkanes of at least 4 members (excludes halogenated alkanes) is 1. The Morgan fingerprint density at radius 3 is 1.94 bits per heavy atom. The molecule has 0 saturated carbocycles. The molecule has 180 valence electrons. The molecular formula is C26H26N4O3S2. The Morgan fingerprint density at radius 2 is 1.29 bits per heavy atom. The summed E-state index contributed by atoms with van der Waals surface area (Å²) in [5.74, 6) is 0.114. The van der Waals surface area contributed by atoms with Crippen molar-refractivity contribution in [3.8, 4) is 0 Å². The summed E-state index contributed by atoms with van der Waals surface area (Å²) in [6, 6.07) is 16.7. The third kappa shape index (κ3) is 7.68. The van der Waals surface area contributed by atoms with E-state index in [4.69, 9.17) is 0 Å². The molecule has 0 atom stereocenters. The molecule has 7 nitrogen and oxygen atoms in total. The highest BCUT2D eigenvalue weighted by molar-refractivity contribution is 7.11. The van der Waals surface area contributed by atoms with Crippen molar-refractivity contribution in [2.24, 2.45) is 0 Å². The fraction of sp³-hybridized carbons (Fsp3) is 0.308. The lowest BCUT2D eigenvalue weighted by molar-refractivity contribution is -0.117. The molecule has 0 aliphatic heterocycles. The number of aliphatic hydroxyl groups is 1. The minimum absolute atomic E-state index is 0.0303. The minimum Gasteiger partial charge on any atom is -0.392 e. The molecule has 0 amide bonds.